The topological polar surface area (TPSA) is 105 Å². The molecule has 2 aromatic rings. The minimum atomic E-state index is -0.510. The quantitative estimate of drug-likeness (QED) is 0.889. The average molecular weight is 327 g/mol. The monoisotopic (exact) mass is 327 g/mol. The van der Waals surface area contributed by atoms with Gasteiger partial charge in [-0.1, -0.05) is 13.0 Å². The summed E-state index contributed by atoms with van der Waals surface area (Å²) in [5.41, 5.74) is 7.39. The highest BCUT2D eigenvalue weighted by Gasteiger charge is 2.38. The highest BCUT2D eigenvalue weighted by atomic mass is 16.2. The van der Waals surface area contributed by atoms with E-state index < -0.39 is 11.3 Å². The Balaban J connectivity index is 1.87. The maximum Gasteiger partial charge on any atom is 0.272 e. The average Bonchev–Trinajstić information content (AvgIpc) is 3.05. The van der Waals surface area contributed by atoms with E-state index in [9.17, 15) is 9.59 Å². The molecule has 1 fully saturated rings. The maximum atomic E-state index is 12.8. The molecule has 0 bridgehead atoms. The predicted octanol–water partition coefficient (Wildman–Crippen LogP) is 1.41. The maximum absolute atomic E-state index is 12.8. The lowest BCUT2D eigenvalue weighted by Crippen LogP contribution is -2.48. The van der Waals surface area contributed by atoms with Gasteiger partial charge < -0.3 is 10.6 Å². The fourth-order valence-corrected chi connectivity index (χ4v) is 3.37. The molecule has 1 aliphatic rings. The summed E-state index contributed by atoms with van der Waals surface area (Å²) in [6.07, 6.45) is 3.14. The summed E-state index contributed by atoms with van der Waals surface area (Å²) in [6.45, 7) is 5.05. The zero-order chi connectivity index (χ0) is 17.3. The molecule has 24 heavy (non-hydrogen) atoms. The second kappa shape index (κ2) is 6.07. The molecule has 0 radical (unpaired) electrons. The number of aromatic nitrogens is 3. The Hall–Kier alpha value is -2.70. The highest BCUT2D eigenvalue weighted by molar-refractivity contribution is 5.94. The van der Waals surface area contributed by atoms with E-state index in [4.69, 9.17) is 5.73 Å². The summed E-state index contributed by atoms with van der Waals surface area (Å²) in [5, 5.41) is 6.86. The van der Waals surface area contributed by atoms with Crippen LogP contribution in [0, 0.1) is 6.92 Å². The van der Waals surface area contributed by atoms with Gasteiger partial charge >= 0.3 is 0 Å². The van der Waals surface area contributed by atoms with Crippen molar-refractivity contribution in [2.75, 3.05) is 13.1 Å². The summed E-state index contributed by atoms with van der Waals surface area (Å²) < 4.78 is 0. The minimum absolute atomic E-state index is 0.0928. The Labute approximate surface area is 140 Å². The zero-order valence-corrected chi connectivity index (χ0v) is 13.9. The third kappa shape index (κ3) is 2.89. The fraction of sp³-hybridized carbons (Fsp3) is 0.412. The third-order valence-electron chi connectivity index (χ3n) is 4.60. The largest absolute Gasteiger partial charge is 0.365 e. The lowest BCUT2D eigenvalue weighted by Gasteiger charge is -2.40. The molecule has 1 aliphatic heterocycles. The number of aryl methyl sites for hydroxylation is 1. The van der Waals surface area contributed by atoms with E-state index in [1.54, 1.807) is 11.0 Å². The van der Waals surface area contributed by atoms with Crippen molar-refractivity contribution in [2.45, 2.75) is 32.1 Å². The molecule has 1 unspecified atom stereocenters. The lowest BCUT2D eigenvalue weighted by atomic mass is 9.77. The number of rotatable bonds is 3. The van der Waals surface area contributed by atoms with Gasteiger partial charge in [0.25, 0.3) is 11.8 Å². The number of H-pyrrole nitrogens is 1. The van der Waals surface area contributed by atoms with Gasteiger partial charge in [0.1, 0.15) is 5.69 Å². The molecule has 7 heteroatoms. The van der Waals surface area contributed by atoms with Crippen LogP contribution in [0.25, 0.3) is 0 Å². The number of amides is 2. The van der Waals surface area contributed by atoms with Gasteiger partial charge in [-0.25, -0.2) is 4.98 Å². The molecule has 126 valence electrons. The van der Waals surface area contributed by atoms with Crippen molar-refractivity contribution in [2.24, 2.45) is 5.73 Å². The fourth-order valence-electron chi connectivity index (χ4n) is 3.37. The Kier molecular flexibility index (Phi) is 4.09. The van der Waals surface area contributed by atoms with Gasteiger partial charge in [-0.3, -0.25) is 14.7 Å². The number of piperidine rings is 1. The first-order valence-corrected chi connectivity index (χ1v) is 7.97. The van der Waals surface area contributed by atoms with E-state index in [1.165, 1.54) is 6.20 Å². The molecule has 1 saturated heterocycles. The van der Waals surface area contributed by atoms with Crippen molar-refractivity contribution in [1.29, 1.82) is 0 Å². The van der Waals surface area contributed by atoms with Crippen LogP contribution in [0.3, 0.4) is 0 Å². The normalized spacial score (nSPS) is 20.8. The number of carbonyl (C=O) groups is 2. The predicted molar refractivity (Wildman–Crippen MR) is 88.6 cm³/mol. The van der Waals surface area contributed by atoms with Crippen LogP contribution in [0.15, 0.2) is 24.4 Å². The van der Waals surface area contributed by atoms with E-state index in [2.05, 4.69) is 15.2 Å². The molecule has 0 aliphatic carbocycles. The van der Waals surface area contributed by atoms with Crippen molar-refractivity contribution >= 4 is 11.8 Å². The Morgan fingerprint density at radius 1 is 1.38 bits per heavy atom. The first-order chi connectivity index (χ1) is 11.4. The van der Waals surface area contributed by atoms with Crippen molar-refractivity contribution in [3.8, 4) is 0 Å². The van der Waals surface area contributed by atoms with E-state index in [0.717, 1.165) is 18.5 Å². The molecule has 0 aromatic carbocycles. The number of pyridine rings is 1. The second-order valence-electron chi connectivity index (χ2n) is 6.58. The molecule has 7 nitrogen and oxygen atoms in total. The molecule has 0 saturated carbocycles. The van der Waals surface area contributed by atoms with Crippen LogP contribution in [0.4, 0.5) is 0 Å². The molecule has 3 rings (SSSR count). The minimum Gasteiger partial charge on any atom is -0.365 e. The summed E-state index contributed by atoms with van der Waals surface area (Å²) >= 11 is 0. The number of nitrogens with zero attached hydrogens (tertiary/aromatic N) is 3. The van der Waals surface area contributed by atoms with Gasteiger partial charge in [0, 0.05) is 24.2 Å². The number of likely N-dealkylation sites (tertiary alicyclic amines) is 1. The zero-order valence-electron chi connectivity index (χ0n) is 13.9. The van der Waals surface area contributed by atoms with Crippen LogP contribution in [0.2, 0.25) is 0 Å². The van der Waals surface area contributed by atoms with Crippen molar-refractivity contribution < 1.29 is 9.59 Å². The second-order valence-corrected chi connectivity index (χ2v) is 6.58. The molecule has 2 aromatic heterocycles. The number of nitrogens with two attached hydrogens (primary N) is 1. The van der Waals surface area contributed by atoms with Gasteiger partial charge in [-0.15, -0.1) is 0 Å². The van der Waals surface area contributed by atoms with Crippen LogP contribution in [0.1, 0.15) is 52.0 Å². The van der Waals surface area contributed by atoms with Crippen LogP contribution < -0.4 is 5.73 Å². The van der Waals surface area contributed by atoms with Crippen LogP contribution in [-0.2, 0) is 5.41 Å². The van der Waals surface area contributed by atoms with Gasteiger partial charge in [0.15, 0.2) is 0 Å². The van der Waals surface area contributed by atoms with E-state index in [-0.39, 0.29) is 5.91 Å². The number of primary amides is 1. The van der Waals surface area contributed by atoms with Gasteiger partial charge in [0.2, 0.25) is 0 Å². The number of nitrogens with one attached hydrogen (secondary N) is 1. The summed E-state index contributed by atoms with van der Waals surface area (Å²) in [5.74, 6) is -0.603. The smallest absolute Gasteiger partial charge is 0.272 e. The molecule has 3 N–H and O–H groups in total. The van der Waals surface area contributed by atoms with Crippen LogP contribution in [0.5, 0.6) is 0 Å². The van der Waals surface area contributed by atoms with Crippen LogP contribution >= 0.6 is 0 Å². The first kappa shape index (κ1) is 16.2. The summed E-state index contributed by atoms with van der Waals surface area (Å²) in [7, 11) is 0. The SMILES string of the molecule is Cc1cccc(C(=O)N2CCCC(C)(c3[nH]ncc3C(N)=O)C2)n1. The molecule has 0 spiro atoms. The van der Waals surface area contributed by atoms with Gasteiger partial charge in [-0.2, -0.15) is 5.10 Å². The Morgan fingerprint density at radius 3 is 2.88 bits per heavy atom. The summed E-state index contributed by atoms with van der Waals surface area (Å²) in [4.78, 5) is 30.5. The highest BCUT2D eigenvalue weighted by Crippen LogP contribution is 2.34. The van der Waals surface area contributed by atoms with Crippen molar-refractivity contribution in [3.05, 3.63) is 47.0 Å². The number of carbonyl (C=O) groups excluding carboxylic acids is 2. The van der Waals surface area contributed by atoms with Crippen LogP contribution in [-0.4, -0.2) is 45.0 Å². The lowest BCUT2D eigenvalue weighted by molar-refractivity contribution is 0.0641. The first-order valence-electron chi connectivity index (χ1n) is 7.97. The molecule has 3 heterocycles. The Morgan fingerprint density at radius 2 is 2.17 bits per heavy atom. The van der Waals surface area contributed by atoms with Gasteiger partial charge in [-0.05, 0) is 31.9 Å². The Bertz CT molecular complexity index is 785. The summed E-state index contributed by atoms with van der Waals surface area (Å²) in [6, 6.07) is 5.42. The third-order valence-corrected chi connectivity index (χ3v) is 4.60. The van der Waals surface area contributed by atoms with Crippen molar-refractivity contribution in [1.82, 2.24) is 20.1 Å². The number of aromatic amines is 1. The number of hydrogen-bond donors (Lipinski definition) is 2. The molecule has 1 atom stereocenters. The molecular weight excluding hydrogens is 306 g/mol. The van der Waals surface area contributed by atoms with E-state index in [0.29, 0.717) is 30.0 Å². The van der Waals surface area contributed by atoms with E-state index >= 15 is 0 Å². The van der Waals surface area contributed by atoms with E-state index in [1.807, 2.05) is 26.0 Å². The standard InChI is InChI=1S/C17H21N5O2/c1-11-5-3-6-13(20-11)16(24)22-8-4-7-17(2,10-22)14-12(15(18)23)9-19-21-14/h3,5-6,9H,4,7-8,10H2,1-2H3,(H2,18,23)(H,19,21). The molecular formula is C17H21N5O2. The number of hydrogen-bond acceptors (Lipinski definition) is 4. The molecule has 2 amide bonds. The van der Waals surface area contributed by atoms with Gasteiger partial charge in [0.05, 0.1) is 17.5 Å². The van der Waals surface area contributed by atoms with Crippen molar-refractivity contribution in [3.63, 3.8) is 0 Å².